The van der Waals surface area contributed by atoms with E-state index in [4.69, 9.17) is 4.74 Å². The number of rotatable bonds is 7. The fraction of sp³-hybridized carbons (Fsp3) is 0.833. The van der Waals surface area contributed by atoms with Crippen LogP contribution in [-0.4, -0.2) is 23.7 Å². The summed E-state index contributed by atoms with van der Waals surface area (Å²) in [6.07, 6.45) is 3.18. The standard InChI is InChI=1S/C12H24OS/c1-6-11(10-13-7-2)8-9-14-12(3,4)5/h6,11H,1,7-10H2,2-5H3. The molecule has 2 heteroatoms. The van der Waals surface area contributed by atoms with Crippen molar-refractivity contribution in [2.24, 2.45) is 5.92 Å². The third-order valence-corrected chi connectivity index (χ3v) is 3.20. The summed E-state index contributed by atoms with van der Waals surface area (Å²) in [5.41, 5.74) is 0. The van der Waals surface area contributed by atoms with Crippen LogP contribution in [0.2, 0.25) is 0 Å². The van der Waals surface area contributed by atoms with Gasteiger partial charge in [-0.1, -0.05) is 26.8 Å². The molecule has 0 heterocycles. The van der Waals surface area contributed by atoms with Crippen molar-refractivity contribution in [3.63, 3.8) is 0 Å². The Morgan fingerprint density at radius 1 is 1.43 bits per heavy atom. The zero-order chi connectivity index (χ0) is 11.0. The Bertz CT molecular complexity index is 149. The molecule has 0 aliphatic carbocycles. The predicted octanol–water partition coefficient (Wildman–Crippen LogP) is 3.75. The Labute approximate surface area is 93.3 Å². The maximum Gasteiger partial charge on any atom is 0.0528 e. The van der Waals surface area contributed by atoms with E-state index < -0.39 is 0 Å². The van der Waals surface area contributed by atoms with Crippen LogP contribution in [0.4, 0.5) is 0 Å². The second-order valence-corrected chi connectivity index (χ2v) is 6.33. The first kappa shape index (κ1) is 14.1. The van der Waals surface area contributed by atoms with Crippen molar-refractivity contribution < 1.29 is 4.74 Å². The zero-order valence-corrected chi connectivity index (χ0v) is 10.8. The molecule has 0 aliphatic heterocycles. The van der Waals surface area contributed by atoms with Gasteiger partial charge in [0.1, 0.15) is 0 Å². The van der Waals surface area contributed by atoms with Gasteiger partial charge in [-0.3, -0.25) is 0 Å². The van der Waals surface area contributed by atoms with Gasteiger partial charge in [0.25, 0.3) is 0 Å². The van der Waals surface area contributed by atoms with Crippen LogP contribution in [-0.2, 0) is 4.74 Å². The summed E-state index contributed by atoms with van der Waals surface area (Å²) in [6.45, 7) is 14.3. The van der Waals surface area contributed by atoms with E-state index in [0.29, 0.717) is 10.7 Å². The molecule has 0 radical (unpaired) electrons. The van der Waals surface area contributed by atoms with Gasteiger partial charge in [0, 0.05) is 17.3 Å². The Kier molecular flexibility index (Phi) is 7.38. The van der Waals surface area contributed by atoms with Crippen LogP contribution in [0.5, 0.6) is 0 Å². The normalized spacial score (nSPS) is 14.0. The molecule has 14 heavy (non-hydrogen) atoms. The number of ether oxygens (including phenoxy) is 1. The topological polar surface area (TPSA) is 9.23 Å². The maximum atomic E-state index is 5.39. The number of hydrogen-bond donors (Lipinski definition) is 0. The highest BCUT2D eigenvalue weighted by Crippen LogP contribution is 2.25. The maximum absolute atomic E-state index is 5.39. The third-order valence-electron chi connectivity index (χ3n) is 1.89. The first-order chi connectivity index (χ1) is 6.49. The van der Waals surface area contributed by atoms with Gasteiger partial charge >= 0.3 is 0 Å². The quantitative estimate of drug-likeness (QED) is 0.599. The summed E-state index contributed by atoms with van der Waals surface area (Å²) in [5.74, 6) is 1.71. The van der Waals surface area contributed by atoms with Crippen molar-refractivity contribution in [2.75, 3.05) is 19.0 Å². The largest absolute Gasteiger partial charge is 0.381 e. The van der Waals surface area contributed by atoms with Crippen LogP contribution in [0.15, 0.2) is 12.7 Å². The molecule has 0 aliphatic rings. The lowest BCUT2D eigenvalue weighted by atomic mass is 10.1. The van der Waals surface area contributed by atoms with Crippen LogP contribution in [0.1, 0.15) is 34.1 Å². The molecule has 0 N–H and O–H groups in total. The zero-order valence-electron chi connectivity index (χ0n) is 10.0. The lowest BCUT2D eigenvalue weighted by Gasteiger charge is -2.19. The van der Waals surface area contributed by atoms with Gasteiger partial charge < -0.3 is 4.74 Å². The van der Waals surface area contributed by atoms with Crippen LogP contribution in [0, 0.1) is 5.92 Å². The first-order valence-corrected chi connectivity index (χ1v) is 6.32. The van der Waals surface area contributed by atoms with Crippen LogP contribution < -0.4 is 0 Å². The van der Waals surface area contributed by atoms with Crippen molar-refractivity contribution in [1.29, 1.82) is 0 Å². The molecule has 0 fully saturated rings. The van der Waals surface area contributed by atoms with Crippen molar-refractivity contribution in [3.05, 3.63) is 12.7 Å². The molecule has 0 rings (SSSR count). The summed E-state index contributed by atoms with van der Waals surface area (Å²) < 4.78 is 5.76. The van der Waals surface area contributed by atoms with Crippen molar-refractivity contribution in [1.82, 2.24) is 0 Å². The predicted molar refractivity (Wildman–Crippen MR) is 67.0 cm³/mol. The highest BCUT2D eigenvalue weighted by atomic mass is 32.2. The van der Waals surface area contributed by atoms with Crippen LogP contribution in [0.25, 0.3) is 0 Å². The molecular formula is C12H24OS. The summed E-state index contributed by atoms with van der Waals surface area (Å²) >= 11 is 2.01. The molecule has 84 valence electrons. The first-order valence-electron chi connectivity index (χ1n) is 5.34. The number of thioether (sulfide) groups is 1. The smallest absolute Gasteiger partial charge is 0.0528 e. The number of hydrogen-bond acceptors (Lipinski definition) is 2. The summed E-state index contributed by atoms with van der Waals surface area (Å²) in [7, 11) is 0. The Balaban J connectivity index is 3.57. The average Bonchev–Trinajstić information content (AvgIpc) is 2.09. The molecule has 0 saturated carbocycles. The van der Waals surface area contributed by atoms with Crippen molar-refractivity contribution >= 4 is 11.8 Å². The van der Waals surface area contributed by atoms with E-state index in [1.165, 1.54) is 12.2 Å². The molecule has 0 amide bonds. The van der Waals surface area contributed by atoms with Gasteiger partial charge in [0.15, 0.2) is 0 Å². The van der Waals surface area contributed by atoms with Crippen molar-refractivity contribution in [2.45, 2.75) is 38.9 Å². The highest BCUT2D eigenvalue weighted by molar-refractivity contribution is 8.00. The van der Waals surface area contributed by atoms with Gasteiger partial charge in [-0.25, -0.2) is 0 Å². The fourth-order valence-electron chi connectivity index (χ4n) is 1.05. The van der Waals surface area contributed by atoms with E-state index >= 15 is 0 Å². The van der Waals surface area contributed by atoms with Crippen molar-refractivity contribution in [3.8, 4) is 0 Å². The molecular weight excluding hydrogens is 192 g/mol. The molecule has 0 aromatic rings. The molecule has 1 atom stereocenters. The van der Waals surface area contributed by atoms with Gasteiger partial charge in [-0.15, -0.1) is 6.58 Å². The molecule has 1 unspecified atom stereocenters. The van der Waals surface area contributed by atoms with Crippen LogP contribution in [0.3, 0.4) is 0 Å². The lowest BCUT2D eigenvalue weighted by molar-refractivity contribution is 0.123. The fourth-order valence-corrected chi connectivity index (χ4v) is 2.09. The lowest BCUT2D eigenvalue weighted by Crippen LogP contribution is -2.12. The summed E-state index contributed by atoms with van der Waals surface area (Å²) in [4.78, 5) is 0. The minimum Gasteiger partial charge on any atom is -0.381 e. The minimum atomic E-state index is 0.372. The Morgan fingerprint density at radius 3 is 2.50 bits per heavy atom. The molecule has 0 saturated heterocycles. The molecule has 0 spiro atoms. The monoisotopic (exact) mass is 216 g/mol. The van der Waals surface area contributed by atoms with E-state index in [0.717, 1.165) is 13.2 Å². The molecule has 0 aromatic carbocycles. The average molecular weight is 216 g/mol. The van der Waals surface area contributed by atoms with E-state index in [2.05, 4.69) is 27.4 Å². The van der Waals surface area contributed by atoms with E-state index in [1.54, 1.807) is 0 Å². The minimum absolute atomic E-state index is 0.372. The Hall–Kier alpha value is 0.0500. The van der Waals surface area contributed by atoms with Gasteiger partial charge in [0.05, 0.1) is 6.61 Å². The van der Waals surface area contributed by atoms with Gasteiger partial charge in [-0.05, 0) is 19.1 Å². The molecule has 1 nitrogen and oxygen atoms in total. The SMILES string of the molecule is C=CC(CCSC(C)(C)C)COCC. The molecule has 0 bridgehead atoms. The second kappa shape index (κ2) is 7.36. The Morgan fingerprint density at radius 2 is 2.07 bits per heavy atom. The van der Waals surface area contributed by atoms with E-state index in [9.17, 15) is 0 Å². The summed E-state index contributed by atoms with van der Waals surface area (Å²) in [6, 6.07) is 0. The van der Waals surface area contributed by atoms with Gasteiger partial charge in [-0.2, -0.15) is 11.8 Å². The summed E-state index contributed by atoms with van der Waals surface area (Å²) in [5, 5.41) is 0. The molecule has 0 aromatic heterocycles. The van der Waals surface area contributed by atoms with Crippen LogP contribution >= 0.6 is 11.8 Å². The van der Waals surface area contributed by atoms with E-state index in [-0.39, 0.29) is 0 Å². The second-order valence-electron chi connectivity index (χ2n) is 4.40. The van der Waals surface area contributed by atoms with E-state index in [1.807, 2.05) is 24.8 Å². The third kappa shape index (κ3) is 8.64. The van der Waals surface area contributed by atoms with Gasteiger partial charge in [0.2, 0.25) is 0 Å². The highest BCUT2D eigenvalue weighted by Gasteiger charge is 2.11.